The minimum atomic E-state index is 0.702. The Bertz CT molecular complexity index is 900. The van der Waals surface area contributed by atoms with Crippen LogP contribution in [0.3, 0.4) is 0 Å². The van der Waals surface area contributed by atoms with Crippen LogP contribution in [0.4, 0.5) is 5.82 Å². The summed E-state index contributed by atoms with van der Waals surface area (Å²) in [6, 6.07) is 4.24. The van der Waals surface area contributed by atoms with Crippen LogP contribution in [0.5, 0.6) is 0 Å². The largest absolute Gasteiger partial charge is 0.349 e. The number of rotatable bonds is 2. The number of hydrogen-bond acceptors (Lipinski definition) is 3. The second-order valence-electron chi connectivity index (χ2n) is 6.87. The van der Waals surface area contributed by atoms with E-state index < -0.39 is 0 Å². The van der Waals surface area contributed by atoms with E-state index in [9.17, 15) is 0 Å². The summed E-state index contributed by atoms with van der Waals surface area (Å²) in [5.74, 6) is 3.08. The van der Waals surface area contributed by atoms with Crippen molar-refractivity contribution in [2.75, 3.05) is 11.4 Å². The van der Waals surface area contributed by atoms with Crippen molar-refractivity contribution in [3.63, 3.8) is 0 Å². The highest BCUT2D eigenvalue weighted by Gasteiger charge is 2.32. The zero-order chi connectivity index (χ0) is 15.6. The van der Waals surface area contributed by atoms with Crippen LogP contribution in [-0.4, -0.2) is 25.6 Å². The summed E-state index contributed by atoms with van der Waals surface area (Å²) >= 11 is 0. The van der Waals surface area contributed by atoms with Crippen molar-refractivity contribution < 1.29 is 0 Å². The SMILES string of the molecule is Cn1c(C2CC2)nc2c1CCN(c1nccc3ccn(C)c13)C2. The molecule has 5 rings (SSSR count). The van der Waals surface area contributed by atoms with Crippen molar-refractivity contribution in [2.24, 2.45) is 14.1 Å². The molecule has 0 radical (unpaired) electrons. The maximum atomic E-state index is 4.96. The molecular weight excluding hydrogens is 286 g/mol. The lowest BCUT2D eigenvalue weighted by atomic mass is 10.1. The van der Waals surface area contributed by atoms with Gasteiger partial charge in [-0.2, -0.15) is 0 Å². The summed E-state index contributed by atoms with van der Waals surface area (Å²) in [4.78, 5) is 12.0. The Morgan fingerprint density at radius 3 is 2.87 bits per heavy atom. The first kappa shape index (κ1) is 13.2. The normalized spacial score (nSPS) is 17.7. The molecule has 5 heteroatoms. The molecule has 0 atom stereocenters. The molecule has 1 aliphatic carbocycles. The smallest absolute Gasteiger partial charge is 0.153 e. The van der Waals surface area contributed by atoms with E-state index in [1.165, 1.54) is 41.0 Å². The molecule has 0 spiro atoms. The fourth-order valence-corrected chi connectivity index (χ4v) is 3.89. The second kappa shape index (κ2) is 4.60. The maximum Gasteiger partial charge on any atom is 0.153 e. The molecule has 1 aliphatic heterocycles. The third kappa shape index (κ3) is 1.92. The molecule has 1 fully saturated rings. The van der Waals surface area contributed by atoms with Crippen LogP contribution in [0.15, 0.2) is 24.5 Å². The molecule has 0 amide bonds. The van der Waals surface area contributed by atoms with Gasteiger partial charge >= 0.3 is 0 Å². The number of aromatic nitrogens is 4. The van der Waals surface area contributed by atoms with Gasteiger partial charge in [0.15, 0.2) is 5.82 Å². The molecule has 0 unspecified atom stereocenters. The second-order valence-corrected chi connectivity index (χ2v) is 6.87. The molecule has 2 aliphatic rings. The minimum absolute atomic E-state index is 0.702. The standard InChI is InChI=1S/C18H21N5/c1-21-9-6-12-5-8-19-18(16(12)21)23-10-7-15-14(11-23)20-17(22(15)2)13-3-4-13/h5-6,8-9,13H,3-4,7,10-11H2,1-2H3. The summed E-state index contributed by atoms with van der Waals surface area (Å²) in [6.07, 6.45) is 7.68. The van der Waals surface area contributed by atoms with Gasteiger partial charge in [-0.3, -0.25) is 0 Å². The highest BCUT2D eigenvalue weighted by atomic mass is 15.2. The van der Waals surface area contributed by atoms with Crippen LogP contribution in [0.1, 0.15) is 36.0 Å². The summed E-state index contributed by atoms with van der Waals surface area (Å²) in [5, 5.41) is 1.25. The van der Waals surface area contributed by atoms with Crippen molar-refractivity contribution in [1.82, 2.24) is 19.1 Å². The van der Waals surface area contributed by atoms with Crippen LogP contribution in [0, 0.1) is 0 Å². The van der Waals surface area contributed by atoms with Gasteiger partial charge in [0.25, 0.3) is 0 Å². The predicted octanol–water partition coefficient (Wildman–Crippen LogP) is 2.75. The molecule has 4 heterocycles. The third-order valence-electron chi connectivity index (χ3n) is 5.30. The van der Waals surface area contributed by atoms with Crippen molar-refractivity contribution in [2.45, 2.75) is 31.7 Å². The Kier molecular flexibility index (Phi) is 2.63. The van der Waals surface area contributed by atoms with Crippen LogP contribution >= 0.6 is 0 Å². The summed E-state index contributed by atoms with van der Waals surface area (Å²) in [5.41, 5.74) is 3.88. The highest BCUT2D eigenvalue weighted by molar-refractivity contribution is 5.89. The third-order valence-corrected chi connectivity index (χ3v) is 5.30. The van der Waals surface area contributed by atoms with E-state index in [2.05, 4.69) is 51.4 Å². The zero-order valence-corrected chi connectivity index (χ0v) is 13.7. The first-order valence-electron chi connectivity index (χ1n) is 8.41. The molecule has 0 N–H and O–H groups in total. The number of pyridine rings is 1. The minimum Gasteiger partial charge on any atom is -0.349 e. The van der Waals surface area contributed by atoms with Gasteiger partial charge < -0.3 is 14.0 Å². The van der Waals surface area contributed by atoms with Crippen LogP contribution < -0.4 is 4.90 Å². The van der Waals surface area contributed by atoms with E-state index in [1.807, 2.05) is 6.20 Å². The van der Waals surface area contributed by atoms with E-state index in [0.29, 0.717) is 5.92 Å². The number of nitrogens with zero attached hydrogens (tertiary/aromatic N) is 5. The molecule has 3 aromatic heterocycles. The number of anilines is 1. The Hall–Kier alpha value is -2.30. The van der Waals surface area contributed by atoms with Crippen molar-refractivity contribution >= 4 is 16.7 Å². The molecule has 0 aromatic carbocycles. The number of hydrogen-bond donors (Lipinski definition) is 0. The fourth-order valence-electron chi connectivity index (χ4n) is 3.89. The predicted molar refractivity (Wildman–Crippen MR) is 90.7 cm³/mol. The summed E-state index contributed by atoms with van der Waals surface area (Å²) in [7, 11) is 4.28. The van der Waals surface area contributed by atoms with Gasteiger partial charge in [0.2, 0.25) is 0 Å². The number of imidazole rings is 1. The van der Waals surface area contributed by atoms with Gasteiger partial charge in [0, 0.05) is 56.5 Å². The van der Waals surface area contributed by atoms with Gasteiger partial charge in [-0.1, -0.05) is 0 Å². The van der Waals surface area contributed by atoms with E-state index in [0.717, 1.165) is 25.3 Å². The van der Waals surface area contributed by atoms with Crippen LogP contribution in [0.25, 0.3) is 10.9 Å². The van der Waals surface area contributed by atoms with Gasteiger partial charge in [-0.05, 0) is 25.0 Å². The fraction of sp³-hybridized carbons (Fsp3) is 0.444. The molecule has 0 bridgehead atoms. The average Bonchev–Trinajstić information content (AvgIpc) is 3.27. The zero-order valence-electron chi connectivity index (χ0n) is 13.7. The lowest BCUT2D eigenvalue weighted by Crippen LogP contribution is -2.32. The Morgan fingerprint density at radius 2 is 2.04 bits per heavy atom. The van der Waals surface area contributed by atoms with Crippen LogP contribution in [0.2, 0.25) is 0 Å². The van der Waals surface area contributed by atoms with E-state index in [1.54, 1.807) is 0 Å². The average molecular weight is 307 g/mol. The van der Waals surface area contributed by atoms with Crippen molar-refractivity contribution in [3.05, 3.63) is 41.7 Å². The quantitative estimate of drug-likeness (QED) is 0.731. The monoisotopic (exact) mass is 307 g/mol. The number of fused-ring (bicyclic) bond motifs is 2. The Labute approximate surface area is 135 Å². The Balaban J connectivity index is 1.56. The molecular formula is C18H21N5. The first-order valence-corrected chi connectivity index (χ1v) is 8.41. The van der Waals surface area contributed by atoms with Gasteiger partial charge in [0.1, 0.15) is 5.82 Å². The highest BCUT2D eigenvalue weighted by Crippen LogP contribution is 2.40. The van der Waals surface area contributed by atoms with E-state index >= 15 is 0 Å². The van der Waals surface area contributed by atoms with Crippen LogP contribution in [-0.2, 0) is 27.1 Å². The van der Waals surface area contributed by atoms with Gasteiger partial charge in [-0.15, -0.1) is 0 Å². The van der Waals surface area contributed by atoms with E-state index in [4.69, 9.17) is 4.98 Å². The van der Waals surface area contributed by atoms with E-state index in [-0.39, 0.29) is 0 Å². The summed E-state index contributed by atoms with van der Waals surface area (Å²) < 4.78 is 4.52. The molecule has 0 saturated heterocycles. The van der Waals surface area contributed by atoms with Gasteiger partial charge in [-0.25, -0.2) is 9.97 Å². The van der Waals surface area contributed by atoms with Gasteiger partial charge in [0.05, 0.1) is 17.8 Å². The molecule has 5 nitrogen and oxygen atoms in total. The lowest BCUT2D eigenvalue weighted by Gasteiger charge is -2.28. The van der Waals surface area contributed by atoms with Crippen molar-refractivity contribution in [1.29, 1.82) is 0 Å². The Morgan fingerprint density at radius 1 is 1.17 bits per heavy atom. The molecule has 23 heavy (non-hydrogen) atoms. The molecule has 3 aromatic rings. The topological polar surface area (TPSA) is 38.9 Å². The molecule has 118 valence electrons. The first-order chi connectivity index (χ1) is 11.2. The lowest BCUT2D eigenvalue weighted by molar-refractivity contribution is 0.671. The number of aryl methyl sites for hydroxylation is 1. The molecule has 1 saturated carbocycles. The maximum absolute atomic E-state index is 4.96. The summed E-state index contributed by atoms with van der Waals surface area (Å²) in [6.45, 7) is 1.88. The van der Waals surface area contributed by atoms with Crippen molar-refractivity contribution in [3.8, 4) is 0 Å².